The van der Waals surface area contributed by atoms with Crippen LogP contribution in [0.15, 0.2) is 0 Å². The summed E-state index contributed by atoms with van der Waals surface area (Å²) in [5.41, 5.74) is 0. The Hall–Kier alpha value is -0.620. The lowest BCUT2D eigenvalue weighted by atomic mass is 9.93. The maximum absolute atomic E-state index is 11.8. The predicted octanol–water partition coefficient (Wildman–Crippen LogP) is 0.269. The fraction of sp³-hybridized carbons (Fsp3) is 0.917. The van der Waals surface area contributed by atoms with E-state index < -0.39 is 9.84 Å². The zero-order valence-electron chi connectivity index (χ0n) is 11.3. The van der Waals surface area contributed by atoms with Crippen molar-refractivity contribution in [2.75, 3.05) is 38.7 Å². The lowest BCUT2D eigenvalue weighted by Crippen LogP contribution is -2.32. The van der Waals surface area contributed by atoms with Crippen molar-refractivity contribution in [3.05, 3.63) is 0 Å². The molecule has 1 saturated heterocycles. The van der Waals surface area contributed by atoms with Gasteiger partial charge >= 0.3 is 0 Å². The largest absolute Gasteiger partial charge is 0.345 e. The van der Waals surface area contributed by atoms with Crippen LogP contribution in [-0.4, -0.2) is 57.9 Å². The molecule has 0 saturated carbocycles. The summed E-state index contributed by atoms with van der Waals surface area (Å²) in [6.45, 7) is 2.38. The fourth-order valence-electron chi connectivity index (χ4n) is 2.12. The van der Waals surface area contributed by atoms with Crippen molar-refractivity contribution in [2.24, 2.45) is 5.92 Å². The van der Waals surface area contributed by atoms with Crippen molar-refractivity contribution in [1.82, 2.24) is 10.2 Å². The van der Waals surface area contributed by atoms with Crippen molar-refractivity contribution in [1.29, 1.82) is 0 Å². The minimum Gasteiger partial charge on any atom is -0.345 e. The van der Waals surface area contributed by atoms with Crippen LogP contribution in [0.4, 0.5) is 0 Å². The smallest absolute Gasteiger partial charge is 0.222 e. The van der Waals surface area contributed by atoms with E-state index in [0.29, 0.717) is 18.9 Å². The van der Waals surface area contributed by atoms with Crippen molar-refractivity contribution in [3.63, 3.8) is 0 Å². The van der Waals surface area contributed by atoms with E-state index in [4.69, 9.17) is 0 Å². The Balaban J connectivity index is 2.22. The van der Waals surface area contributed by atoms with E-state index >= 15 is 0 Å². The summed E-state index contributed by atoms with van der Waals surface area (Å²) in [5, 5.41) is 3.30. The van der Waals surface area contributed by atoms with E-state index in [9.17, 15) is 13.2 Å². The van der Waals surface area contributed by atoms with Crippen molar-refractivity contribution >= 4 is 15.7 Å². The Morgan fingerprint density at radius 3 is 2.50 bits per heavy atom. The Kier molecular flexibility index (Phi) is 6.08. The number of hydrogen-bond acceptors (Lipinski definition) is 4. The summed E-state index contributed by atoms with van der Waals surface area (Å²) in [4.78, 5) is 13.3. The van der Waals surface area contributed by atoms with E-state index in [2.05, 4.69) is 5.32 Å². The average Bonchev–Trinajstić information content (AvgIpc) is 2.33. The van der Waals surface area contributed by atoms with Gasteiger partial charge in [0.1, 0.15) is 9.84 Å². The van der Waals surface area contributed by atoms with Gasteiger partial charge < -0.3 is 10.2 Å². The quantitative estimate of drug-likeness (QED) is 0.756. The molecule has 0 aromatic rings. The van der Waals surface area contributed by atoms with Crippen molar-refractivity contribution < 1.29 is 13.2 Å². The molecule has 6 heteroatoms. The monoisotopic (exact) mass is 276 g/mol. The van der Waals surface area contributed by atoms with Gasteiger partial charge in [0.25, 0.3) is 0 Å². The minimum atomic E-state index is -2.99. The highest BCUT2D eigenvalue weighted by Crippen LogP contribution is 2.18. The van der Waals surface area contributed by atoms with Gasteiger partial charge in [0.15, 0.2) is 0 Å². The number of nitrogens with zero attached hydrogens (tertiary/aromatic N) is 1. The van der Waals surface area contributed by atoms with Crippen LogP contribution in [0, 0.1) is 5.92 Å². The summed E-state index contributed by atoms with van der Waals surface area (Å²) in [6.07, 6.45) is 4.93. The number of piperidine rings is 1. The summed E-state index contributed by atoms with van der Waals surface area (Å²) in [6, 6.07) is 0. The third-order valence-electron chi connectivity index (χ3n) is 3.45. The number of carbonyl (C=O) groups excluding carboxylic acids is 1. The van der Waals surface area contributed by atoms with Gasteiger partial charge in [-0.1, -0.05) is 0 Å². The lowest BCUT2D eigenvalue weighted by Gasteiger charge is -2.23. The van der Waals surface area contributed by atoms with E-state index in [1.807, 2.05) is 0 Å². The molecular weight excluding hydrogens is 252 g/mol. The fourth-order valence-corrected chi connectivity index (χ4v) is 2.72. The van der Waals surface area contributed by atoms with Gasteiger partial charge in [0.2, 0.25) is 5.91 Å². The molecule has 0 aromatic carbocycles. The number of amides is 1. The normalized spacial score (nSPS) is 17.7. The molecule has 1 N–H and O–H groups in total. The third-order valence-corrected chi connectivity index (χ3v) is 4.37. The Morgan fingerprint density at radius 2 is 1.94 bits per heavy atom. The van der Waals surface area contributed by atoms with Crippen LogP contribution in [-0.2, 0) is 14.6 Å². The van der Waals surface area contributed by atoms with Crippen LogP contribution in [0.2, 0.25) is 0 Å². The van der Waals surface area contributed by atoms with Crippen LogP contribution >= 0.6 is 0 Å². The number of carbonyl (C=O) groups is 1. The highest BCUT2D eigenvalue weighted by Gasteiger charge is 2.16. The van der Waals surface area contributed by atoms with E-state index in [1.54, 1.807) is 7.05 Å². The molecule has 1 aliphatic heterocycles. The molecule has 1 heterocycles. The SMILES string of the molecule is CN(CCS(C)(=O)=O)C(=O)CCC1CCNCC1. The number of nitrogens with one attached hydrogen (secondary N) is 1. The van der Waals surface area contributed by atoms with Gasteiger partial charge in [-0.3, -0.25) is 4.79 Å². The summed E-state index contributed by atoms with van der Waals surface area (Å²) < 4.78 is 22.0. The first kappa shape index (κ1) is 15.4. The lowest BCUT2D eigenvalue weighted by molar-refractivity contribution is -0.130. The number of hydrogen-bond donors (Lipinski definition) is 1. The topological polar surface area (TPSA) is 66.5 Å². The molecule has 1 aliphatic rings. The molecule has 0 bridgehead atoms. The third kappa shape index (κ3) is 6.35. The zero-order chi connectivity index (χ0) is 13.6. The molecule has 0 atom stereocenters. The van der Waals surface area contributed by atoms with E-state index in [1.165, 1.54) is 11.2 Å². The van der Waals surface area contributed by atoms with Crippen LogP contribution < -0.4 is 5.32 Å². The zero-order valence-corrected chi connectivity index (χ0v) is 12.1. The standard InChI is InChI=1S/C12H24N2O3S/c1-14(9-10-18(2,16)17)12(15)4-3-11-5-7-13-8-6-11/h11,13H,3-10H2,1-2H3. The molecular formula is C12H24N2O3S. The van der Waals surface area contributed by atoms with Gasteiger partial charge in [0.05, 0.1) is 5.75 Å². The first-order valence-electron chi connectivity index (χ1n) is 6.51. The van der Waals surface area contributed by atoms with Crippen molar-refractivity contribution in [3.8, 4) is 0 Å². The summed E-state index contributed by atoms with van der Waals surface area (Å²) in [7, 11) is -1.31. The van der Waals surface area contributed by atoms with Crippen LogP contribution in [0.5, 0.6) is 0 Å². The molecule has 0 aliphatic carbocycles. The van der Waals surface area contributed by atoms with Gasteiger partial charge in [0, 0.05) is 26.3 Å². The average molecular weight is 276 g/mol. The molecule has 106 valence electrons. The summed E-state index contributed by atoms with van der Waals surface area (Å²) in [5.74, 6) is 0.735. The molecule has 0 radical (unpaired) electrons. The molecule has 0 spiro atoms. The second-order valence-corrected chi connectivity index (χ2v) is 7.44. The number of sulfone groups is 1. The molecule has 1 amide bonds. The van der Waals surface area contributed by atoms with Gasteiger partial charge in [-0.25, -0.2) is 8.42 Å². The maximum Gasteiger partial charge on any atom is 0.222 e. The Morgan fingerprint density at radius 1 is 1.33 bits per heavy atom. The Bertz CT molecular complexity index is 362. The van der Waals surface area contributed by atoms with Crippen LogP contribution in [0.3, 0.4) is 0 Å². The Labute approximate surface area is 110 Å². The highest BCUT2D eigenvalue weighted by molar-refractivity contribution is 7.90. The number of rotatable bonds is 6. The predicted molar refractivity (Wildman–Crippen MR) is 72.2 cm³/mol. The molecule has 0 aromatic heterocycles. The van der Waals surface area contributed by atoms with Crippen LogP contribution in [0.1, 0.15) is 25.7 Å². The van der Waals surface area contributed by atoms with Crippen molar-refractivity contribution in [2.45, 2.75) is 25.7 Å². The first-order chi connectivity index (χ1) is 8.38. The van der Waals surface area contributed by atoms with E-state index in [-0.39, 0.29) is 11.7 Å². The minimum absolute atomic E-state index is 0.0442. The van der Waals surface area contributed by atoms with Gasteiger partial charge in [-0.15, -0.1) is 0 Å². The molecule has 1 fully saturated rings. The van der Waals surface area contributed by atoms with Gasteiger partial charge in [-0.2, -0.15) is 0 Å². The first-order valence-corrected chi connectivity index (χ1v) is 8.57. The second-order valence-electron chi connectivity index (χ2n) is 5.18. The molecule has 1 rings (SSSR count). The molecule has 18 heavy (non-hydrogen) atoms. The second kappa shape index (κ2) is 7.09. The van der Waals surface area contributed by atoms with Gasteiger partial charge in [-0.05, 0) is 38.3 Å². The molecule has 0 unspecified atom stereocenters. The maximum atomic E-state index is 11.8. The van der Waals surface area contributed by atoms with Crippen LogP contribution in [0.25, 0.3) is 0 Å². The van der Waals surface area contributed by atoms with E-state index in [0.717, 1.165) is 32.4 Å². The summed E-state index contributed by atoms with van der Waals surface area (Å²) >= 11 is 0. The molecule has 5 nitrogen and oxygen atoms in total. The highest BCUT2D eigenvalue weighted by atomic mass is 32.2.